The van der Waals surface area contributed by atoms with E-state index in [1.807, 2.05) is 52.0 Å². The van der Waals surface area contributed by atoms with E-state index in [-0.39, 0.29) is 5.91 Å². The van der Waals surface area contributed by atoms with Crippen molar-refractivity contribution in [2.24, 2.45) is 0 Å². The highest BCUT2D eigenvalue weighted by Crippen LogP contribution is 2.20. The number of hydrogen-bond donors (Lipinski definition) is 1. The number of carbonyl (C=O) groups excluding carboxylic acids is 1. The Labute approximate surface area is 139 Å². The van der Waals surface area contributed by atoms with Crippen LogP contribution in [0.1, 0.15) is 21.7 Å². The molecule has 1 N–H and O–H groups in total. The molecule has 1 amide bonds. The van der Waals surface area contributed by atoms with Gasteiger partial charge in [-0.1, -0.05) is 30.3 Å². The standard InChI is InChI=1S/C18H18N4O2/c23-18(16-7-4-8-19-16)21-9-10-22-15(12-21)11-17(20-22)24-13-14-5-2-1-3-6-14/h1-8,11,19H,9-10,12-13H2. The van der Waals surface area contributed by atoms with Crippen LogP contribution in [0.25, 0.3) is 0 Å². The fourth-order valence-corrected chi connectivity index (χ4v) is 2.85. The van der Waals surface area contributed by atoms with Gasteiger partial charge < -0.3 is 14.6 Å². The average molecular weight is 322 g/mol. The first-order valence-electron chi connectivity index (χ1n) is 7.96. The van der Waals surface area contributed by atoms with Crippen molar-refractivity contribution < 1.29 is 9.53 Å². The smallest absolute Gasteiger partial charge is 0.270 e. The third kappa shape index (κ3) is 2.90. The van der Waals surface area contributed by atoms with Gasteiger partial charge in [-0.15, -0.1) is 5.10 Å². The Hall–Kier alpha value is -3.02. The van der Waals surface area contributed by atoms with Crippen molar-refractivity contribution in [1.29, 1.82) is 0 Å². The van der Waals surface area contributed by atoms with Gasteiger partial charge in [-0.05, 0) is 17.7 Å². The maximum absolute atomic E-state index is 12.4. The third-order valence-corrected chi connectivity index (χ3v) is 4.12. The highest BCUT2D eigenvalue weighted by atomic mass is 16.5. The second kappa shape index (κ2) is 6.23. The van der Waals surface area contributed by atoms with Gasteiger partial charge in [0.1, 0.15) is 12.3 Å². The Bertz CT molecular complexity index is 824. The van der Waals surface area contributed by atoms with Gasteiger partial charge >= 0.3 is 0 Å². The van der Waals surface area contributed by atoms with E-state index in [0.717, 1.165) is 11.3 Å². The number of H-pyrrole nitrogens is 1. The van der Waals surface area contributed by atoms with Crippen molar-refractivity contribution >= 4 is 5.91 Å². The molecule has 0 spiro atoms. The number of amides is 1. The van der Waals surface area contributed by atoms with Gasteiger partial charge in [0, 0.05) is 18.8 Å². The van der Waals surface area contributed by atoms with Crippen LogP contribution in [0.5, 0.6) is 5.88 Å². The fraction of sp³-hybridized carbons (Fsp3) is 0.222. The van der Waals surface area contributed by atoms with E-state index >= 15 is 0 Å². The zero-order chi connectivity index (χ0) is 16.4. The topological polar surface area (TPSA) is 63.2 Å². The number of benzene rings is 1. The number of aromatic amines is 1. The summed E-state index contributed by atoms with van der Waals surface area (Å²) in [7, 11) is 0. The molecule has 4 rings (SSSR count). The van der Waals surface area contributed by atoms with Crippen molar-refractivity contribution in [3.8, 4) is 5.88 Å². The van der Waals surface area contributed by atoms with Gasteiger partial charge in [0.25, 0.3) is 5.91 Å². The normalized spacial score (nSPS) is 13.6. The number of ether oxygens (including phenoxy) is 1. The lowest BCUT2D eigenvalue weighted by molar-refractivity contribution is 0.0700. The van der Waals surface area contributed by atoms with Gasteiger partial charge in [-0.2, -0.15) is 0 Å². The summed E-state index contributed by atoms with van der Waals surface area (Å²) in [5.41, 5.74) is 2.71. The molecule has 0 bridgehead atoms. The number of nitrogens with one attached hydrogen (secondary N) is 1. The molecule has 6 nitrogen and oxygen atoms in total. The quantitative estimate of drug-likeness (QED) is 0.802. The highest BCUT2D eigenvalue weighted by molar-refractivity contribution is 5.92. The first-order chi connectivity index (χ1) is 11.8. The number of nitrogens with zero attached hydrogens (tertiary/aromatic N) is 3. The molecule has 3 heterocycles. The molecule has 1 aliphatic rings. The molecule has 122 valence electrons. The second-order valence-corrected chi connectivity index (χ2v) is 5.78. The van der Waals surface area contributed by atoms with Crippen LogP contribution in [-0.2, 0) is 19.7 Å². The van der Waals surface area contributed by atoms with Crippen molar-refractivity contribution in [2.75, 3.05) is 6.54 Å². The van der Waals surface area contributed by atoms with Crippen LogP contribution in [0, 0.1) is 0 Å². The summed E-state index contributed by atoms with van der Waals surface area (Å²) in [6, 6.07) is 15.5. The lowest BCUT2D eigenvalue weighted by Gasteiger charge is -2.27. The van der Waals surface area contributed by atoms with E-state index < -0.39 is 0 Å². The zero-order valence-corrected chi connectivity index (χ0v) is 13.2. The summed E-state index contributed by atoms with van der Waals surface area (Å²) in [5.74, 6) is 0.613. The van der Waals surface area contributed by atoms with Crippen LogP contribution in [0.2, 0.25) is 0 Å². The molecule has 0 aliphatic carbocycles. The molecular formula is C18H18N4O2. The zero-order valence-electron chi connectivity index (χ0n) is 13.2. The van der Waals surface area contributed by atoms with Gasteiger partial charge in [-0.3, -0.25) is 9.48 Å². The second-order valence-electron chi connectivity index (χ2n) is 5.78. The molecule has 2 aromatic heterocycles. The number of aromatic nitrogens is 3. The van der Waals surface area contributed by atoms with Crippen LogP contribution in [0.3, 0.4) is 0 Å². The minimum absolute atomic E-state index is 0.0132. The first-order valence-corrected chi connectivity index (χ1v) is 7.96. The lowest BCUT2D eigenvalue weighted by Crippen LogP contribution is -2.38. The number of fused-ring (bicyclic) bond motifs is 1. The van der Waals surface area contributed by atoms with Crippen molar-refractivity contribution in [3.05, 3.63) is 71.7 Å². The van der Waals surface area contributed by atoms with E-state index in [9.17, 15) is 4.79 Å². The summed E-state index contributed by atoms with van der Waals surface area (Å²) < 4.78 is 7.69. The van der Waals surface area contributed by atoms with Crippen LogP contribution < -0.4 is 4.74 Å². The summed E-state index contributed by atoms with van der Waals surface area (Å²) >= 11 is 0. The molecule has 1 aromatic carbocycles. The molecule has 3 aromatic rings. The summed E-state index contributed by atoms with van der Waals surface area (Å²) in [4.78, 5) is 17.2. The monoisotopic (exact) mass is 322 g/mol. The Kier molecular flexibility index (Phi) is 3.78. The predicted octanol–water partition coefficient (Wildman–Crippen LogP) is 2.45. The molecule has 0 unspecified atom stereocenters. The van der Waals surface area contributed by atoms with Gasteiger partial charge in [0.2, 0.25) is 5.88 Å². The highest BCUT2D eigenvalue weighted by Gasteiger charge is 2.24. The SMILES string of the molecule is O=C(c1ccc[nH]1)N1CCn2nc(OCc3ccccc3)cc2C1. The van der Waals surface area contributed by atoms with Gasteiger partial charge in [0.05, 0.1) is 18.8 Å². The lowest BCUT2D eigenvalue weighted by atomic mass is 10.2. The Morgan fingerprint density at radius 2 is 2.04 bits per heavy atom. The van der Waals surface area contributed by atoms with Crippen LogP contribution in [0.4, 0.5) is 0 Å². The molecule has 0 fully saturated rings. The van der Waals surface area contributed by atoms with Crippen LogP contribution >= 0.6 is 0 Å². The minimum Gasteiger partial charge on any atom is -0.472 e. The first kappa shape index (κ1) is 14.6. The molecular weight excluding hydrogens is 304 g/mol. The molecule has 6 heteroatoms. The van der Waals surface area contributed by atoms with Gasteiger partial charge in [0.15, 0.2) is 0 Å². The van der Waals surface area contributed by atoms with Crippen LogP contribution in [0.15, 0.2) is 54.7 Å². The maximum atomic E-state index is 12.4. The van der Waals surface area contributed by atoms with E-state index in [0.29, 0.717) is 37.8 Å². The molecule has 0 saturated heterocycles. The number of carbonyl (C=O) groups is 1. The minimum atomic E-state index is 0.0132. The fourth-order valence-electron chi connectivity index (χ4n) is 2.85. The summed E-state index contributed by atoms with van der Waals surface area (Å²) in [6.07, 6.45) is 1.76. The van der Waals surface area contributed by atoms with Gasteiger partial charge in [-0.25, -0.2) is 0 Å². The van der Waals surface area contributed by atoms with Crippen molar-refractivity contribution in [2.45, 2.75) is 19.7 Å². The largest absolute Gasteiger partial charge is 0.472 e. The molecule has 24 heavy (non-hydrogen) atoms. The average Bonchev–Trinajstić information content (AvgIpc) is 3.29. The Morgan fingerprint density at radius 1 is 1.17 bits per heavy atom. The van der Waals surface area contributed by atoms with Crippen LogP contribution in [-0.4, -0.2) is 32.1 Å². The molecule has 0 saturated carbocycles. The van der Waals surface area contributed by atoms with Crippen molar-refractivity contribution in [3.63, 3.8) is 0 Å². The summed E-state index contributed by atoms with van der Waals surface area (Å²) in [5, 5.41) is 4.47. The Morgan fingerprint density at radius 3 is 2.83 bits per heavy atom. The summed E-state index contributed by atoms with van der Waals surface area (Å²) in [6.45, 7) is 2.35. The predicted molar refractivity (Wildman–Crippen MR) is 88.5 cm³/mol. The molecule has 0 radical (unpaired) electrons. The molecule has 1 aliphatic heterocycles. The van der Waals surface area contributed by atoms with Crippen molar-refractivity contribution in [1.82, 2.24) is 19.7 Å². The third-order valence-electron chi connectivity index (χ3n) is 4.12. The molecule has 0 atom stereocenters. The van der Waals surface area contributed by atoms with E-state index in [1.54, 1.807) is 12.3 Å². The van der Waals surface area contributed by atoms with E-state index in [1.165, 1.54) is 0 Å². The van der Waals surface area contributed by atoms with E-state index in [4.69, 9.17) is 4.74 Å². The number of hydrogen-bond acceptors (Lipinski definition) is 3. The Balaban J connectivity index is 1.43. The van der Waals surface area contributed by atoms with E-state index in [2.05, 4.69) is 10.1 Å². The maximum Gasteiger partial charge on any atom is 0.270 e. The number of rotatable bonds is 4.